The molecule has 4 nitrogen and oxygen atoms in total. The van der Waals surface area contributed by atoms with Crippen molar-refractivity contribution in [3.63, 3.8) is 0 Å². The number of rotatable bonds is 6. The Kier molecular flexibility index (Phi) is 7.23. The molecule has 12 heavy (non-hydrogen) atoms. The Bertz CT molecular complexity index is 132. The molecule has 0 aromatic rings. The van der Waals surface area contributed by atoms with Gasteiger partial charge in [0.1, 0.15) is 6.04 Å². The standard InChI is InChI=1S/C7H15NO3S/c1-2-11-7(10)6(8)5-12-4-3-9/h6,9H,2-5,8H2,1H3. The summed E-state index contributed by atoms with van der Waals surface area (Å²) < 4.78 is 4.69. The molecule has 0 saturated carbocycles. The van der Waals surface area contributed by atoms with Crippen LogP contribution in [0.3, 0.4) is 0 Å². The molecule has 0 spiro atoms. The van der Waals surface area contributed by atoms with E-state index < -0.39 is 6.04 Å². The van der Waals surface area contributed by atoms with E-state index in [0.717, 1.165) is 0 Å². The lowest BCUT2D eigenvalue weighted by atomic mass is 10.4. The third kappa shape index (κ3) is 5.40. The van der Waals surface area contributed by atoms with Crippen LogP contribution >= 0.6 is 11.8 Å². The molecule has 0 aromatic heterocycles. The second-order valence-electron chi connectivity index (χ2n) is 2.16. The molecule has 0 aromatic carbocycles. The van der Waals surface area contributed by atoms with Crippen LogP contribution in [0, 0.1) is 0 Å². The average Bonchev–Trinajstić information content (AvgIpc) is 2.05. The zero-order chi connectivity index (χ0) is 9.40. The normalized spacial score (nSPS) is 12.6. The van der Waals surface area contributed by atoms with Gasteiger partial charge >= 0.3 is 5.97 Å². The summed E-state index contributed by atoms with van der Waals surface area (Å²) in [6.45, 7) is 2.21. The van der Waals surface area contributed by atoms with Gasteiger partial charge in [-0.1, -0.05) is 0 Å². The molecule has 1 unspecified atom stereocenters. The van der Waals surface area contributed by atoms with Crippen molar-refractivity contribution in [3.8, 4) is 0 Å². The molecule has 0 saturated heterocycles. The van der Waals surface area contributed by atoms with E-state index in [4.69, 9.17) is 15.6 Å². The maximum Gasteiger partial charge on any atom is 0.323 e. The van der Waals surface area contributed by atoms with Crippen LogP contribution in [-0.4, -0.2) is 41.8 Å². The lowest BCUT2D eigenvalue weighted by Crippen LogP contribution is -2.34. The van der Waals surface area contributed by atoms with Crippen LogP contribution in [0.1, 0.15) is 6.92 Å². The Morgan fingerprint density at radius 1 is 1.75 bits per heavy atom. The van der Waals surface area contributed by atoms with E-state index in [1.807, 2.05) is 0 Å². The average molecular weight is 193 g/mol. The number of thioether (sulfide) groups is 1. The minimum absolute atomic E-state index is 0.111. The molecule has 0 aliphatic rings. The molecule has 5 heteroatoms. The number of esters is 1. The zero-order valence-electron chi connectivity index (χ0n) is 7.16. The highest BCUT2D eigenvalue weighted by Crippen LogP contribution is 2.01. The fourth-order valence-corrected chi connectivity index (χ4v) is 1.28. The van der Waals surface area contributed by atoms with E-state index in [0.29, 0.717) is 18.1 Å². The van der Waals surface area contributed by atoms with E-state index in [2.05, 4.69) is 0 Å². The first kappa shape index (κ1) is 11.7. The van der Waals surface area contributed by atoms with Crippen molar-refractivity contribution >= 4 is 17.7 Å². The largest absolute Gasteiger partial charge is 0.465 e. The fraction of sp³-hybridized carbons (Fsp3) is 0.857. The minimum atomic E-state index is -0.568. The smallest absolute Gasteiger partial charge is 0.323 e. The number of aliphatic hydroxyl groups excluding tert-OH is 1. The second kappa shape index (κ2) is 7.39. The highest BCUT2D eigenvalue weighted by Gasteiger charge is 2.13. The first-order chi connectivity index (χ1) is 5.72. The summed E-state index contributed by atoms with van der Waals surface area (Å²) >= 11 is 1.44. The van der Waals surface area contributed by atoms with Gasteiger partial charge in [0.25, 0.3) is 0 Å². The lowest BCUT2D eigenvalue weighted by molar-refractivity contribution is -0.144. The summed E-state index contributed by atoms with van der Waals surface area (Å²) in [6.07, 6.45) is 0. The van der Waals surface area contributed by atoms with Gasteiger partial charge < -0.3 is 15.6 Å². The van der Waals surface area contributed by atoms with Gasteiger partial charge in [-0.15, -0.1) is 0 Å². The fourth-order valence-electron chi connectivity index (χ4n) is 0.592. The Hall–Kier alpha value is -0.260. The van der Waals surface area contributed by atoms with Crippen LogP contribution in [-0.2, 0) is 9.53 Å². The van der Waals surface area contributed by atoms with Gasteiger partial charge in [0.2, 0.25) is 0 Å². The monoisotopic (exact) mass is 193 g/mol. The molecule has 72 valence electrons. The molecule has 0 aliphatic heterocycles. The quantitative estimate of drug-likeness (QED) is 0.443. The van der Waals surface area contributed by atoms with E-state index in [-0.39, 0.29) is 12.6 Å². The van der Waals surface area contributed by atoms with Crippen LogP contribution in [0.2, 0.25) is 0 Å². The van der Waals surface area contributed by atoms with Crippen LogP contribution in [0.25, 0.3) is 0 Å². The van der Waals surface area contributed by atoms with Crippen molar-refractivity contribution < 1.29 is 14.6 Å². The molecule has 0 rings (SSSR count). The first-order valence-electron chi connectivity index (χ1n) is 3.83. The minimum Gasteiger partial charge on any atom is -0.465 e. The van der Waals surface area contributed by atoms with Gasteiger partial charge in [0.05, 0.1) is 13.2 Å². The van der Waals surface area contributed by atoms with E-state index in [1.165, 1.54) is 11.8 Å². The maximum atomic E-state index is 10.9. The summed E-state index contributed by atoms with van der Waals surface area (Å²) in [4.78, 5) is 10.9. The second-order valence-corrected chi connectivity index (χ2v) is 3.31. The van der Waals surface area contributed by atoms with Gasteiger partial charge in [0, 0.05) is 11.5 Å². The molecule has 0 bridgehead atoms. The highest BCUT2D eigenvalue weighted by molar-refractivity contribution is 7.99. The molecular formula is C7H15NO3S. The third-order valence-corrected chi connectivity index (χ3v) is 2.19. The van der Waals surface area contributed by atoms with Crippen molar-refractivity contribution in [1.82, 2.24) is 0 Å². The van der Waals surface area contributed by atoms with Crippen molar-refractivity contribution in [2.75, 3.05) is 24.7 Å². The number of hydrogen-bond donors (Lipinski definition) is 2. The Balaban J connectivity index is 3.42. The topological polar surface area (TPSA) is 72.5 Å². The van der Waals surface area contributed by atoms with Gasteiger partial charge in [0.15, 0.2) is 0 Å². The SMILES string of the molecule is CCOC(=O)C(N)CSCCO. The van der Waals surface area contributed by atoms with E-state index in [9.17, 15) is 4.79 Å². The Morgan fingerprint density at radius 3 is 2.92 bits per heavy atom. The van der Waals surface area contributed by atoms with Crippen LogP contribution in [0.15, 0.2) is 0 Å². The number of carbonyl (C=O) groups is 1. The lowest BCUT2D eigenvalue weighted by Gasteiger charge is -2.08. The van der Waals surface area contributed by atoms with Gasteiger partial charge in [-0.05, 0) is 6.92 Å². The molecule has 1 atom stereocenters. The molecule has 0 fully saturated rings. The first-order valence-corrected chi connectivity index (χ1v) is 4.98. The van der Waals surface area contributed by atoms with Crippen LogP contribution in [0.4, 0.5) is 0 Å². The predicted octanol–water partition coefficient (Wildman–Crippen LogP) is -0.398. The van der Waals surface area contributed by atoms with Crippen molar-refractivity contribution in [2.24, 2.45) is 5.73 Å². The maximum absolute atomic E-state index is 10.9. The number of ether oxygens (including phenoxy) is 1. The van der Waals surface area contributed by atoms with Crippen LogP contribution < -0.4 is 5.73 Å². The van der Waals surface area contributed by atoms with Crippen LogP contribution in [0.5, 0.6) is 0 Å². The molecule has 0 heterocycles. The Labute approximate surface area is 76.5 Å². The van der Waals surface area contributed by atoms with Crippen molar-refractivity contribution in [2.45, 2.75) is 13.0 Å². The van der Waals surface area contributed by atoms with Gasteiger partial charge in [-0.2, -0.15) is 11.8 Å². The molecule has 3 N–H and O–H groups in total. The van der Waals surface area contributed by atoms with Gasteiger partial charge in [-0.25, -0.2) is 0 Å². The predicted molar refractivity (Wildman–Crippen MR) is 49.0 cm³/mol. The summed E-state index contributed by atoms with van der Waals surface area (Å²) in [5.74, 6) is 0.731. The third-order valence-electron chi connectivity index (χ3n) is 1.12. The number of hydrogen-bond acceptors (Lipinski definition) is 5. The highest BCUT2D eigenvalue weighted by atomic mass is 32.2. The van der Waals surface area contributed by atoms with Crippen molar-refractivity contribution in [3.05, 3.63) is 0 Å². The van der Waals surface area contributed by atoms with Crippen molar-refractivity contribution in [1.29, 1.82) is 0 Å². The molecular weight excluding hydrogens is 178 g/mol. The number of carbonyl (C=O) groups excluding carboxylic acids is 1. The summed E-state index contributed by atoms with van der Waals surface area (Å²) in [6, 6.07) is -0.568. The Morgan fingerprint density at radius 2 is 2.42 bits per heavy atom. The molecule has 0 amide bonds. The molecule has 0 aliphatic carbocycles. The summed E-state index contributed by atoms with van der Waals surface area (Å²) in [7, 11) is 0. The van der Waals surface area contributed by atoms with Gasteiger partial charge in [-0.3, -0.25) is 4.79 Å². The number of aliphatic hydroxyl groups is 1. The zero-order valence-corrected chi connectivity index (χ0v) is 7.97. The molecule has 0 radical (unpaired) electrons. The summed E-state index contributed by atoms with van der Waals surface area (Å²) in [5.41, 5.74) is 5.47. The number of nitrogens with two attached hydrogens (primary N) is 1. The van der Waals surface area contributed by atoms with E-state index in [1.54, 1.807) is 6.92 Å². The summed E-state index contributed by atoms with van der Waals surface area (Å²) in [5, 5.41) is 8.44. The van der Waals surface area contributed by atoms with E-state index >= 15 is 0 Å².